The number of likely N-dealkylation sites (N-methyl/N-ethyl adjacent to an activating group) is 1. The van der Waals surface area contributed by atoms with Gasteiger partial charge in [0.1, 0.15) is 19.3 Å². The van der Waals surface area contributed by atoms with Crippen molar-refractivity contribution in [3.8, 4) is 0 Å². The zero-order chi connectivity index (χ0) is 60.0. The van der Waals surface area contributed by atoms with Crippen molar-refractivity contribution in [2.45, 2.75) is 283 Å². The third kappa shape index (κ3) is 61.0. The van der Waals surface area contributed by atoms with Crippen molar-refractivity contribution in [3.63, 3.8) is 0 Å². The Bertz CT molecular complexity index is 1820. The Morgan fingerprint density at radius 1 is 0.439 bits per heavy atom. The first kappa shape index (κ1) is 78.4. The summed E-state index contributed by atoms with van der Waals surface area (Å²) in [6.07, 6.45) is 85.1. The number of hydrogen-bond acceptors (Lipinski definition) is 6. The quantitative estimate of drug-likeness (QED) is 0.0205. The first-order chi connectivity index (χ1) is 39.9. The second-order valence-corrected chi connectivity index (χ2v) is 24.7. The third-order valence-electron chi connectivity index (χ3n) is 14.1. The molecule has 0 aliphatic heterocycles. The van der Waals surface area contributed by atoms with Crippen LogP contribution in [0, 0.1) is 0 Å². The van der Waals surface area contributed by atoms with Gasteiger partial charge < -0.3 is 19.4 Å². The first-order valence-electron chi connectivity index (χ1n) is 33.4. The first-order valence-corrected chi connectivity index (χ1v) is 34.9. The molecule has 0 fully saturated rings. The smallest absolute Gasteiger partial charge is 0.456 e. The van der Waals surface area contributed by atoms with Crippen molar-refractivity contribution in [2.24, 2.45) is 0 Å². The van der Waals surface area contributed by atoms with E-state index in [4.69, 9.17) is 13.8 Å². The maximum Gasteiger partial charge on any atom is 0.472 e. The lowest BCUT2D eigenvalue weighted by Crippen LogP contribution is -2.47. The summed E-state index contributed by atoms with van der Waals surface area (Å²) in [5.74, 6) is -0.609. The zero-order valence-corrected chi connectivity index (χ0v) is 54.6. The number of nitrogens with one attached hydrogen (secondary N) is 1. The molecule has 1 amide bonds. The molecule has 0 aromatic carbocycles. The molecule has 0 heterocycles. The second kappa shape index (κ2) is 60.5. The van der Waals surface area contributed by atoms with Gasteiger partial charge >= 0.3 is 13.8 Å². The number of hydrogen-bond donors (Lipinski definition) is 2. The van der Waals surface area contributed by atoms with Crippen molar-refractivity contribution in [1.82, 2.24) is 5.32 Å². The molecule has 0 saturated carbocycles. The molecule has 10 heteroatoms. The Morgan fingerprint density at radius 3 is 1.22 bits per heavy atom. The van der Waals surface area contributed by atoms with E-state index in [9.17, 15) is 19.0 Å². The molecule has 470 valence electrons. The van der Waals surface area contributed by atoms with E-state index >= 15 is 0 Å². The molecular weight excluding hydrogens is 1040 g/mol. The Morgan fingerprint density at radius 2 is 0.793 bits per heavy atom. The Labute approximate surface area is 505 Å². The molecule has 0 aliphatic rings. The molecule has 0 bridgehead atoms. The third-order valence-corrected chi connectivity index (χ3v) is 15.1. The number of nitrogens with zero attached hydrogens (tertiary/aromatic N) is 1. The lowest BCUT2D eigenvalue weighted by atomic mass is 10.0. The van der Waals surface area contributed by atoms with Crippen molar-refractivity contribution in [3.05, 3.63) is 122 Å². The molecule has 0 aromatic heterocycles. The van der Waals surface area contributed by atoms with E-state index in [1.165, 1.54) is 135 Å². The molecule has 2 N–H and O–H groups in total. The largest absolute Gasteiger partial charge is 0.472 e. The monoisotopic (exact) mass is 1160 g/mol. The lowest BCUT2D eigenvalue weighted by Gasteiger charge is -2.27. The maximum atomic E-state index is 13.5. The summed E-state index contributed by atoms with van der Waals surface area (Å²) in [4.78, 5) is 37.8. The number of quaternary nitrogens is 1. The fourth-order valence-corrected chi connectivity index (χ4v) is 9.76. The Balaban J connectivity index is 5.20. The van der Waals surface area contributed by atoms with Crippen LogP contribution >= 0.6 is 7.82 Å². The molecule has 0 aliphatic carbocycles. The number of allylic oxidation sites excluding steroid dienone is 19. The van der Waals surface area contributed by atoms with Crippen LogP contribution in [0.5, 0.6) is 0 Å². The summed E-state index contributed by atoms with van der Waals surface area (Å²) in [6, 6.07) is -0.897. The summed E-state index contributed by atoms with van der Waals surface area (Å²) in [6.45, 7) is 6.81. The maximum absolute atomic E-state index is 13.5. The van der Waals surface area contributed by atoms with Crippen LogP contribution in [0.2, 0.25) is 0 Å². The van der Waals surface area contributed by atoms with Gasteiger partial charge in [0.25, 0.3) is 0 Å². The van der Waals surface area contributed by atoms with Crippen LogP contribution in [0.3, 0.4) is 0 Å². The molecule has 0 spiro atoms. The van der Waals surface area contributed by atoms with Crippen LogP contribution in [-0.2, 0) is 27.9 Å². The van der Waals surface area contributed by atoms with Crippen LogP contribution in [0.25, 0.3) is 0 Å². The molecule has 9 nitrogen and oxygen atoms in total. The van der Waals surface area contributed by atoms with Crippen LogP contribution in [0.4, 0.5) is 0 Å². The summed E-state index contributed by atoms with van der Waals surface area (Å²) in [7, 11) is 1.44. The van der Waals surface area contributed by atoms with E-state index in [-0.39, 0.29) is 37.9 Å². The van der Waals surface area contributed by atoms with Gasteiger partial charge in [-0.1, -0.05) is 271 Å². The highest BCUT2D eigenvalue weighted by molar-refractivity contribution is 7.47. The van der Waals surface area contributed by atoms with E-state index in [0.717, 1.165) is 96.3 Å². The van der Waals surface area contributed by atoms with Gasteiger partial charge in [-0.2, -0.15) is 0 Å². The minimum Gasteiger partial charge on any atom is -0.456 e. The summed E-state index contributed by atoms with van der Waals surface area (Å²) < 4.78 is 30.7. The molecule has 0 aromatic rings. The van der Waals surface area contributed by atoms with Crippen molar-refractivity contribution in [2.75, 3.05) is 40.9 Å². The average Bonchev–Trinajstić information content (AvgIpc) is 3.45. The highest BCUT2D eigenvalue weighted by atomic mass is 31.2. The van der Waals surface area contributed by atoms with E-state index in [1.807, 2.05) is 39.4 Å². The van der Waals surface area contributed by atoms with Gasteiger partial charge in [-0.3, -0.25) is 18.6 Å². The van der Waals surface area contributed by atoms with Gasteiger partial charge in [0.05, 0.1) is 33.8 Å². The average molecular weight is 1160 g/mol. The van der Waals surface area contributed by atoms with Gasteiger partial charge in [-0.25, -0.2) is 4.57 Å². The molecule has 82 heavy (non-hydrogen) atoms. The van der Waals surface area contributed by atoms with Gasteiger partial charge in [0.15, 0.2) is 0 Å². The van der Waals surface area contributed by atoms with E-state index in [0.29, 0.717) is 17.4 Å². The Hall–Kier alpha value is -3.59. The highest BCUT2D eigenvalue weighted by Gasteiger charge is 2.30. The van der Waals surface area contributed by atoms with Crippen LogP contribution < -0.4 is 5.32 Å². The lowest BCUT2D eigenvalue weighted by molar-refractivity contribution is -0.870. The SMILES string of the molecule is CC/C=C/C/C=C/C/C=C/C/C=C/C/C=C/CCC(=O)NC(COP(=O)(O)OCC[N+](C)(C)C)C(/C=C\CCCCCCCCCCCCC)OC(=O)CCCCCCCCCCCCC/C=C\C/C=C\C/C=C\C/C=C\CCCCC. The summed E-state index contributed by atoms with van der Waals surface area (Å²) in [5.41, 5.74) is 0. The van der Waals surface area contributed by atoms with Gasteiger partial charge in [-0.15, -0.1) is 0 Å². The van der Waals surface area contributed by atoms with Crippen molar-refractivity contribution in [1.29, 1.82) is 0 Å². The van der Waals surface area contributed by atoms with Crippen LogP contribution in [0.1, 0.15) is 271 Å². The zero-order valence-electron chi connectivity index (χ0n) is 53.7. The van der Waals surface area contributed by atoms with E-state index < -0.39 is 20.0 Å². The predicted molar refractivity (Wildman–Crippen MR) is 355 cm³/mol. The summed E-state index contributed by atoms with van der Waals surface area (Å²) in [5, 5.41) is 3.01. The topological polar surface area (TPSA) is 111 Å². The van der Waals surface area contributed by atoms with Gasteiger partial charge in [0.2, 0.25) is 5.91 Å². The minimum atomic E-state index is -4.48. The van der Waals surface area contributed by atoms with Gasteiger partial charge in [-0.05, 0) is 109 Å². The molecule has 3 unspecified atom stereocenters. The molecule has 0 saturated heterocycles. The normalized spacial score (nSPS) is 14.4. The molecule has 0 rings (SSSR count). The van der Waals surface area contributed by atoms with Crippen molar-refractivity contribution < 1.29 is 37.3 Å². The number of carbonyl (C=O) groups excluding carboxylic acids is 2. The van der Waals surface area contributed by atoms with Crippen molar-refractivity contribution >= 4 is 19.7 Å². The number of unbranched alkanes of at least 4 members (excludes halogenated alkanes) is 25. The number of phosphoric ester groups is 1. The van der Waals surface area contributed by atoms with E-state index in [2.05, 4.69) is 129 Å². The number of amides is 1. The number of phosphoric acid groups is 1. The van der Waals surface area contributed by atoms with Crippen LogP contribution in [0.15, 0.2) is 122 Å². The molecule has 3 atom stereocenters. The second-order valence-electron chi connectivity index (χ2n) is 23.3. The fraction of sp³-hybridized carbons (Fsp3) is 0.694. The Kier molecular flexibility index (Phi) is 57.9. The van der Waals surface area contributed by atoms with Gasteiger partial charge in [0, 0.05) is 12.8 Å². The fourth-order valence-electron chi connectivity index (χ4n) is 9.03. The molecular formula is C72H126N2O7P+. The standard InChI is InChI=1S/C72H125N2O7P/c1-7-10-13-16-19-22-25-28-30-32-33-34-35-36-37-38-39-40-41-42-44-47-50-53-56-59-62-65-72(76)81-70(63-60-57-54-51-48-45-27-24-21-18-15-12-9-3)69(68-80-82(77,78)79-67-66-74(4,5)6)73-71(75)64-61-58-55-52-49-46-43-31-29-26-23-20-17-14-11-8-2/h11,14,19-20,22-23,28-31,33-34,36-37,46,49,55,58,60,63,69-70H,7-10,12-13,15-18,21,24-27,32,35,38-45,47-48,50-54,56-57,59,61-62,64-68H2,1-6H3,(H-,73,75,77,78)/p+1/b14-11+,22-19-,23-20+,30-28-,31-29+,34-33-,37-36-,49-46+,58-55+,63-60-. The number of ether oxygens (including phenoxy) is 1. The molecule has 0 radical (unpaired) electrons. The predicted octanol–water partition coefficient (Wildman–Crippen LogP) is 21.1. The van der Waals surface area contributed by atoms with Crippen LogP contribution in [-0.4, -0.2) is 74.3 Å². The number of carbonyl (C=O) groups is 2. The number of esters is 1. The summed E-state index contributed by atoms with van der Waals surface area (Å²) >= 11 is 0. The van der Waals surface area contributed by atoms with E-state index in [1.54, 1.807) is 0 Å². The highest BCUT2D eigenvalue weighted by Crippen LogP contribution is 2.43. The number of rotatable bonds is 59. The minimum absolute atomic E-state index is 0.0209.